The van der Waals surface area contributed by atoms with E-state index < -0.39 is 15.6 Å². The zero-order chi connectivity index (χ0) is 25.9. The minimum absolute atomic E-state index is 0.0462. The van der Waals surface area contributed by atoms with Crippen LogP contribution in [-0.4, -0.2) is 31.7 Å². The summed E-state index contributed by atoms with van der Waals surface area (Å²) in [6, 6.07) is 24.2. The maximum atomic E-state index is 11.7. The second-order valence-electron chi connectivity index (χ2n) is 9.42. The highest BCUT2D eigenvalue weighted by molar-refractivity contribution is 7.89. The third-order valence-electron chi connectivity index (χ3n) is 6.80. The van der Waals surface area contributed by atoms with Gasteiger partial charge in [0.1, 0.15) is 5.69 Å². The van der Waals surface area contributed by atoms with Crippen molar-refractivity contribution in [3.05, 3.63) is 95.9 Å². The van der Waals surface area contributed by atoms with E-state index in [1.807, 2.05) is 42.5 Å². The fraction of sp³-hybridized carbons (Fsp3) is 0.276. The number of nitrogens with zero attached hydrogens (tertiary/aromatic N) is 1. The van der Waals surface area contributed by atoms with Crippen LogP contribution in [0.15, 0.2) is 88.2 Å². The van der Waals surface area contributed by atoms with E-state index in [0.29, 0.717) is 49.8 Å². The number of sulfonamides is 1. The van der Waals surface area contributed by atoms with Crippen LogP contribution >= 0.6 is 0 Å². The molecule has 0 spiro atoms. The Morgan fingerprint density at radius 1 is 0.892 bits per heavy atom. The molecule has 1 aliphatic rings. The Morgan fingerprint density at radius 3 is 2.32 bits per heavy atom. The Balaban J connectivity index is 1.35. The molecule has 0 saturated carbocycles. The van der Waals surface area contributed by atoms with Gasteiger partial charge < -0.3 is 14.3 Å². The van der Waals surface area contributed by atoms with E-state index >= 15 is 0 Å². The van der Waals surface area contributed by atoms with E-state index in [1.165, 1.54) is 12.1 Å². The lowest BCUT2D eigenvalue weighted by atomic mass is 9.85. The molecule has 0 bridgehead atoms. The molecule has 1 aromatic heterocycles. The summed E-state index contributed by atoms with van der Waals surface area (Å²) in [5.41, 5.74) is 3.63. The van der Waals surface area contributed by atoms with E-state index in [1.54, 1.807) is 12.1 Å². The molecular formula is C29H30N2O5S. The lowest BCUT2D eigenvalue weighted by Gasteiger charge is -2.32. The number of primary sulfonamides is 1. The van der Waals surface area contributed by atoms with Crippen molar-refractivity contribution in [3.63, 3.8) is 0 Å². The number of aryl methyl sites for hydroxylation is 2. The first kappa shape index (κ1) is 25.4. The van der Waals surface area contributed by atoms with Gasteiger partial charge in [0.15, 0.2) is 11.7 Å². The Morgan fingerprint density at radius 2 is 1.62 bits per heavy atom. The van der Waals surface area contributed by atoms with Crippen LogP contribution in [0.25, 0.3) is 22.6 Å². The summed E-state index contributed by atoms with van der Waals surface area (Å²) in [6.07, 6.45) is 3.49. The van der Waals surface area contributed by atoms with Crippen LogP contribution in [0.4, 0.5) is 0 Å². The summed E-state index contributed by atoms with van der Waals surface area (Å²) in [5, 5.41) is 16.3. The van der Waals surface area contributed by atoms with Crippen molar-refractivity contribution in [2.24, 2.45) is 5.14 Å². The molecule has 1 fully saturated rings. The molecule has 3 aromatic carbocycles. The van der Waals surface area contributed by atoms with Crippen LogP contribution in [0, 0.1) is 0 Å². The van der Waals surface area contributed by atoms with Crippen molar-refractivity contribution in [1.29, 1.82) is 0 Å². The molecular weight excluding hydrogens is 488 g/mol. The highest BCUT2D eigenvalue weighted by Crippen LogP contribution is 2.34. The van der Waals surface area contributed by atoms with E-state index in [0.717, 1.165) is 35.1 Å². The molecule has 0 unspecified atom stereocenters. The van der Waals surface area contributed by atoms with Crippen molar-refractivity contribution in [1.82, 2.24) is 4.98 Å². The van der Waals surface area contributed by atoms with Crippen LogP contribution < -0.4 is 5.14 Å². The van der Waals surface area contributed by atoms with Crippen molar-refractivity contribution in [2.45, 2.75) is 42.6 Å². The van der Waals surface area contributed by atoms with Crippen LogP contribution in [0.3, 0.4) is 0 Å². The SMILES string of the molecule is NS(=O)(=O)c1ccc(-c2oc(CCCc3cccc(C4(O)CCOCC4)c3)nc2-c2ccccc2)cc1. The number of hydrogen-bond acceptors (Lipinski definition) is 6. The first-order valence-corrected chi connectivity index (χ1v) is 13.9. The van der Waals surface area contributed by atoms with Gasteiger partial charge in [-0.15, -0.1) is 0 Å². The monoisotopic (exact) mass is 518 g/mol. The van der Waals surface area contributed by atoms with Gasteiger partial charge in [-0.1, -0.05) is 54.6 Å². The third-order valence-corrected chi connectivity index (χ3v) is 7.73. The third kappa shape index (κ3) is 5.83. The van der Waals surface area contributed by atoms with Crippen molar-refractivity contribution in [2.75, 3.05) is 13.2 Å². The molecule has 1 saturated heterocycles. The molecule has 0 aliphatic carbocycles. The molecule has 0 radical (unpaired) electrons. The number of oxazole rings is 1. The number of rotatable bonds is 8. The van der Waals surface area contributed by atoms with Gasteiger partial charge in [0.05, 0.1) is 10.5 Å². The van der Waals surface area contributed by atoms with Crippen molar-refractivity contribution >= 4 is 10.0 Å². The fourth-order valence-electron chi connectivity index (χ4n) is 4.71. The number of aliphatic hydroxyl groups is 1. The van der Waals surface area contributed by atoms with Crippen LogP contribution in [0.5, 0.6) is 0 Å². The van der Waals surface area contributed by atoms with Crippen LogP contribution in [0.1, 0.15) is 36.3 Å². The van der Waals surface area contributed by atoms with E-state index in [-0.39, 0.29) is 4.90 Å². The van der Waals surface area contributed by atoms with Gasteiger partial charge >= 0.3 is 0 Å². The van der Waals surface area contributed by atoms with Gasteiger partial charge in [-0.2, -0.15) is 0 Å². The predicted molar refractivity (Wildman–Crippen MR) is 141 cm³/mol. The largest absolute Gasteiger partial charge is 0.440 e. The molecule has 1 aliphatic heterocycles. The van der Waals surface area contributed by atoms with Crippen molar-refractivity contribution < 1.29 is 22.7 Å². The van der Waals surface area contributed by atoms with E-state index in [4.69, 9.17) is 19.3 Å². The van der Waals surface area contributed by atoms with Gasteiger partial charge in [-0.3, -0.25) is 0 Å². The first-order chi connectivity index (χ1) is 17.8. The zero-order valence-corrected chi connectivity index (χ0v) is 21.3. The standard InChI is InChI=1S/C29H30N2O5S/c30-37(33,34)25-14-12-23(13-15-25)28-27(22-8-2-1-3-9-22)31-26(36-28)11-5-7-21-6-4-10-24(20-21)29(32)16-18-35-19-17-29/h1-4,6,8-10,12-15,20,32H,5,7,11,16-19H2,(H2,30,33,34). The van der Waals surface area contributed by atoms with Gasteiger partial charge in [-0.05, 0) is 48.2 Å². The summed E-state index contributed by atoms with van der Waals surface area (Å²) in [6.45, 7) is 1.14. The van der Waals surface area contributed by atoms with Gasteiger partial charge in [0.25, 0.3) is 0 Å². The quantitative estimate of drug-likeness (QED) is 0.345. The summed E-state index contributed by atoms with van der Waals surface area (Å²) in [5.74, 6) is 1.20. The molecule has 192 valence electrons. The van der Waals surface area contributed by atoms with E-state index in [9.17, 15) is 13.5 Å². The minimum Gasteiger partial charge on any atom is -0.440 e. The number of hydrogen-bond donors (Lipinski definition) is 2. The van der Waals surface area contributed by atoms with Crippen LogP contribution in [0.2, 0.25) is 0 Å². The van der Waals surface area contributed by atoms with Crippen molar-refractivity contribution in [3.8, 4) is 22.6 Å². The Labute approximate surface area is 217 Å². The predicted octanol–water partition coefficient (Wildman–Crippen LogP) is 4.83. The second kappa shape index (κ2) is 10.6. The lowest BCUT2D eigenvalue weighted by Crippen LogP contribution is -2.33. The zero-order valence-electron chi connectivity index (χ0n) is 20.5. The summed E-state index contributed by atoms with van der Waals surface area (Å²) >= 11 is 0. The summed E-state index contributed by atoms with van der Waals surface area (Å²) < 4.78 is 34.9. The van der Waals surface area contributed by atoms with Crippen LogP contribution in [-0.2, 0) is 33.2 Å². The van der Waals surface area contributed by atoms with Gasteiger partial charge in [-0.25, -0.2) is 18.5 Å². The molecule has 0 atom stereocenters. The molecule has 4 aromatic rings. The minimum atomic E-state index is -3.78. The van der Waals surface area contributed by atoms with E-state index in [2.05, 4.69) is 12.1 Å². The average Bonchev–Trinajstić information content (AvgIpc) is 3.34. The fourth-order valence-corrected chi connectivity index (χ4v) is 5.23. The maximum Gasteiger partial charge on any atom is 0.238 e. The average molecular weight is 519 g/mol. The number of benzene rings is 3. The highest BCUT2D eigenvalue weighted by Gasteiger charge is 2.31. The summed E-state index contributed by atoms with van der Waals surface area (Å²) in [4.78, 5) is 4.84. The number of aromatic nitrogens is 1. The molecule has 7 nitrogen and oxygen atoms in total. The van der Waals surface area contributed by atoms with Gasteiger partial charge in [0.2, 0.25) is 10.0 Å². The Bertz CT molecular complexity index is 1460. The molecule has 2 heterocycles. The van der Waals surface area contributed by atoms with Gasteiger partial charge in [0, 0.05) is 43.6 Å². The summed E-state index contributed by atoms with van der Waals surface area (Å²) in [7, 11) is -3.78. The normalized spacial score (nSPS) is 15.5. The maximum absolute atomic E-state index is 11.7. The Kier molecular flexibility index (Phi) is 7.26. The Hall–Kier alpha value is -3.30. The number of nitrogens with two attached hydrogens (primary N) is 1. The lowest BCUT2D eigenvalue weighted by molar-refractivity contribution is -0.0679. The molecule has 0 amide bonds. The molecule has 3 N–H and O–H groups in total. The number of ether oxygens (including phenoxy) is 1. The highest BCUT2D eigenvalue weighted by atomic mass is 32.2. The second-order valence-corrected chi connectivity index (χ2v) is 11.0. The molecule has 37 heavy (non-hydrogen) atoms. The first-order valence-electron chi connectivity index (χ1n) is 12.4. The smallest absolute Gasteiger partial charge is 0.238 e. The topological polar surface area (TPSA) is 116 Å². The molecule has 5 rings (SSSR count). The molecule has 8 heteroatoms.